The van der Waals surface area contributed by atoms with Crippen LogP contribution >= 0.6 is 11.6 Å². The number of nitro groups is 1. The standard InChI is InChI=1S/C22H25ClN6O5/c1-21(2,3)34-20(31)26-19-27-22(4,11-17(30)28(19)5)13-7-6-8-15(9-13)25-16-10-14(23)12-24-18(16)29(32)33/h6-10,12,25H,11H2,1-5H3,(H,26,27,31)/t22-/m0/s1. The summed E-state index contributed by atoms with van der Waals surface area (Å²) < 4.78 is 5.27. The van der Waals surface area contributed by atoms with Crippen molar-refractivity contribution < 1.29 is 19.2 Å². The number of carbonyl (C=O) groups excluding carboxylic acids is 2. The second-order valence-corrected chi connectivity index (χ2v) is 9.39. The summed E-state index contributed by atoms with van der Waals surface area (Å²) in [4.78, 5) is 45.4. The van der Waals surface area contributed by atoms with Crippen LogP contribution in [0.1, 0.15) is 39.7 Å². The zero-order valence-corrected chi connectivity index (χ0v) is 20.1. The number of halogens is 1. The number of guanidine groups is 1. The Morgan fingerprint density at radius 1 is 1.32 bits per heavy atom. The molecule has 0 unspecified atom stereocenters. The summed E-state index contributed by atoms with van der Waals surface area (Å²) in [6.45, 7) is 6.95. The van der Waals surface area contributed by atoms with Crippen LogP contribution in [0.4, 0.5) is 22.0 Å². The fraction of sp³-hybridized carbons (Fsp3) is 0.364. The van der Waals surface area contributed by atoms with Crippen LogP contribution < -0.4 is 10.6 Å². The van der Waals surface area contributed by atoms with E-state index in [0.29, 0.717) is 11.3 Å². The molecule has 1 aliphatic rings. The summed E-state index contributed by atoms with van der Waals surface area (Å²) in [7, 11) is 1.52. The first-order chi connectivity index (χ1) is 15.8. The summed E-state index contributed by atoms with van der Waals surface area (Å²) in [5, 5.41) is 17.1. The first kappa shape index (κ1) is 24.9. The lowest BCUT2D eigenvalue weighted by Crippen LogP contribution is -2.52. The number of nitrogens with one attached hydrogen (secondary N) is 2. The molecule has 1 aliphatic heterocycles. The topological polar surface area (TPSA) is 139 Å². The van der Waals surface area contributed by atoms with Gasteiger partial charge in [-0.25, -0.2) is 9.79 Å². The van der Waals surface area contributed by atoms with Gasteiger partial charge in [0.1, 0.15) is 11.3 Å². The predicted molar refractivity (Wildman–Crippen MR) is 127 cm³/mol. The highest BCUT2D eigenvalue weighted by molar-refractivity contribution is 6.30. The van der Waals surface area contributed by atoms with E-state index in [2.05, 4.69) is 20.6 Å². The van der Waals surface area contributed by atoms with Crippen molar-refractivity contribution in [3.05, 3.63) is 57.2 Å². The molecule has 2 aromatic rings. The van der Waals surface area contributed by atoms with E-state index >= 15 is 0 Å². The molecule has 0 saturated heterocycles. The molecule has 0 fully saturated rings. The van der Waals surface area contributed by atoms with Crippen LogP contribution in [0.15, 0.2) is 41.5 Å². The third-order valence-corrected chi connectivity index (χ3v) is 5.13. The van der Waals surface area contributed by atoms with Crippen LogP contribution in [0.3, 0.4) is 0 Å². The number of ether oxygens (including phenoxy) is 1. The summed E-state index contributed by atoms with van der Waals surface area (Å²) in [6.07, 6.45) is 0.512. The van der Waals surface area contributed by atoms with Gasteiger partial charge < -0.3 is 20.2 Å². The van der Waals surface area contributed by atoms with Gasteiger partial charge in [-0.1, -0.05) is 23.7 Å². The number of benzene rings is 1. The van der Waals surface area contributed by atoms with Crippen molar-refractivity contribution >= 4 is 46.8 Å². The van der Waals surface area contributed by atoms with Crippen LogP contribution in [0, 0.1) is 10.1 Å². The summed E-state index contributed by atoms with van der Waals surface area (Å²) in [5.41, 5.74) is -0.447. The minimum atomic E-state index is -1.01. The summed E-state index contributed by atoms with van der Waals surface area (Å²) in [6, 6.07) is 8.34. The highest BCUT2D eigenvalue weighted by Crippen LogP contribution is 2.35. The number of pyridine rings is 1. The van der Waals surface area contributed by atoms with Gasteiger partial charge in [0.15, 0.2) is 6.20 Å². The Kier molecular flexibility index (Phi) is 6.78. The molecular weight excluding hydrogens is 464 g/mol. The van der Waals surface area contributed by atoms with Crippen molar-refractivity contribution in [1.29, 1.82) is 0 Å². The molecule has 180 valence electrons. The van der Waals surface area contributed by atoms with E-state index in [9.17, 15) is 19.7 Å². The molecule has 2 heterocycles. The van der Waals surface area contributed by atoms with Crippen molar-refractivity contribution in [2.45, 2.75) is 45.3 Å². The van der Waals surface area contributed by atoms with Crippen molar-refractivity contribution in [2.24, 2.45) is 4.99 Å². The van der Waals surface area contributed by atoms with Gasteiger partial charge in [-0.15, -0.1) is 0 Å². The Labute approximate surface area is 201 Å². The molecule has 1 atom stereocenters. The monoisotopic (exact) mass is 488 g/mol. The minimum Gasteiger partial charge on any atom is -0.444 e. The van der Waals surface area contributed by atoms with E-state index in [-0.39, 0.29) is 34.8 Å². The average molecular weight is 489 g/mol. The predicted octanol–water partition coefficient (Wildman–Crippen LogP) is 4.34. The Morgan fingerprint density at radius 2 is 2.03 bits per heavy atom. The molecule has 0 saturated carbocycles. The van der Waals surface area contributed by atoms with Crippen LogP contribution in [0.2, 0.25) is 5.02 Å². The number of rotatable bonds is 4. The van der Waals surface area contributed by atoms with Gasteiger partial charge in [0.25, 0.3) is 0 Å². The van der Waals surface area contributed by atoms with Crippen molar-refractivity contribution in [1.82, 2.24) is 15.2 Å². The van der Waals surface area contributed by atoms with E-state index in [4.69, 9.17) is 16.3 Å². The van der Waals surface area contributed by atoms with E-state index in [1.54, 1.807) is 52.0 Å². The molecular formula is C22H25ClN6O5. The van der Waals surface area contributed by atoms with Gasteiger partial charge >= 0.3 is 11.9 Å². The lowest BCUT2D eigenvalue weighted by Gasteiger charge is -2.35. The number of carbonyl (C=O) groups is 2. The summed E-state index contributed by atoms with van der Waals surface area (Å²) >= 11 is 5.96. The third kappa shape index (κ3) is 5.79. The number of aliphatic imine (C=N–C) groups is 1. The molecule has 0 radical (unpaired) electrons. The Hall–Kier alpha value is -3.73. The molecule has 2 N–H and O–H groups in total. The molecule has 2 amide bonds. The van der Waals surface area contributed by atoms with E-state index in [1.807, 2.05) is 0 Å². The lowest BCUT2D eigenvalue weighted by atomic mass is 9.87. The van der Waals surface area contributed by atoms with Gasteiger partial charge in [-0.05, 0) is 61.4 Å². The SMILES string of the molecule is CN1C(=O)C[C@@](C)(c2cccc(Nc3cc(Cl)cnc3[N+](=O)[O-])c2)N=C1NC(=O)OC(C)(C)C. The normalized spacial score (nSPS) is 18.2. The number of amides is 2. The second-order valence-electron chi connectivity index (χ2n) is 8.95. The van der Waals surface area contributed by atoms with Gasteiger partial charge in [-0.2, -0.15) is 0 Å². The minimum absolute atomic E-state index is 0.0469. The highest BCUT2D eigenvalue weighted by atomic mass is 35.5. The fourth-order valence-corrected chi connectivity index (χ4v) is 3.47. The average Bonchev–Trinajstić information content (AvgIpc) is 2.70. The molecule has 0 spiro atoms. The quantitative estimate of drug-likeness (QED) is 0.481. The molecule has 1 aromatic carbocycles. The molecule has 0 aliphatic carbocycles. The largest absolute Gasteiger partial charge is 0.444 e. The number of alkyl carbamates (subject to hydrolysis) is 1. The van der Waals surface area contributed by atoms with Crippen LogP contribution in [-0.4, -0.2) is 45.4 Å². The maximum absolute atomic E-state index is 12.7. The second kappa shape index (κ2) is 9.26. The third-order valence-electron chi connectivity index (χ3n) is 4.92. The molecule has 11 nitrogen and oxygen atoms in total. The van der Waals surface area contributed by atoms with Crippen molar-refractivity contribution in [3.8, 4) is 0 Å². The lowest BCUT2D eigenvalue weighted by molar-refractivity contribution is -0.388. The summed E-state index contributed by atoms with van der Waals surface area (Å²) in [5.74, 6) is -0.574. The number of anilines is 2. The number of hydrogen-bond acceptors (Lipinski definition) is 8. The first-order valence-corrected chi connectivity index (χ1v) is 10.7. The van der Waals surface area contributed by atoms with E-state index in [0.717, 1.165) is 0 Å². The molecule has 12 heteroatoms. The van der Waals surface area contributed by atoms with Gasteiger partial charge in [-0.3, -0.25) is 15.0 Å². The number of hydrogen-bond donors (Lipinski definition) is 2. The maximum Gasteiger partial charge on any atom is 0.414 e. The molecule has 1 aromatic heterocycles. The van der Waals surface area contributed by atoms with Gasteiger partial charge in [0.2, 0.25) is 11.9 Å². The van der Waals surface area contributed by atoms with E-state index in [1.165, 1.54) is 24.2 Å². The smallest absolute Gasteiger partial charge is 0.414 e. The van der Waals surface area contributed by atoms with Gasteiger partial charge in [0.05, 0.1) is 17.0 Å². The fourth-order valence-electron chi connectivity index (χ4n) is 3.31. The highest BCUT2D eigenvalue weighted by Gasteiger charge is 2.38. The molecule has 3 rings (SSSR count). The van der Waals surface area contributed by atoms with Crippen molar-refractivity contribution in [2.75, 3.05) is 12.4 Å². The van der Waals surface area contributed by atoms with Crippen molar-refractivity contribution in [3.63, 3.8) is 0 Å². The maximum atomic E-state index is 12.7. The van der Waals surface area contributed by atoms with E-state index < -0.39 is 22.2 Å². The van der Waals surface area contributed by atoms with Crippen LogP contribution in [0.5, 0.6) is 0 Å². The van der Waals surface area contributed by atoms with Gasteiger partial charge in [0, 0.05) is 12.7 Å². The Balaban J connectivity index is 1.93. The van der Waals surface area contributed by atoms with Crippen LogP contribution in [-0.2, 0) is 15.1 Å². The zero-order valence-electron chi connectivity index (χ0n) is 19.4. The first-order valence-electron chi connectivity index (χ1n) is 10.3. The molecule has 34 heavy (non-hydrogen) atoms. The van der Waals surface area contributed by atoms with Crippen LogP contribution in [0.25, 0.3) is 0 Å². The number of aromatic nitrogens is 1. The Morgan fingerprint density at radius 3 is 2.68 bits per heavy atom. The number of nitrogens with zero attached hydrogens (tertiary/aromatic N) is 4. The molecule has 0 bridgehead atoms. The Bertz CT molecular complexity index is 1180. The zero-order chi connectivity index (χ0) is 25.3.